The summed E-state index contributed by atoms with van der Waals surface area (Å²) in [5.41, 5.74) is 5.74. The molecule has 0 aromatic carbocycles. The molecule has 0 saturated carbocycles. The van der Waals surface area contributed by atoms with Gasteiger partial charge in [-0.15, -0.1) is 0 Å². The molecule has 100 valence electrons. The van der Waals surface area contributed by atoms with Gasteiger partial charge in [0.2, 0.25) is 5.91 Å². The molecule has 0 radical (unpaired) electrons. The van der Waals surface area contributed by atoms with Crippen LogP contribution in [0.1, 0.15) is 39.5 Å². The summed E-state index contributed by atoms with van der Waals surface area (Å²) in [6.45, 7) is 8.36. The molecular formula is C13H27N3O. The first-order valence-electron chi connectivity index (χ1n) is 6.89. The van der Waals surface area contributed by atoms with Crippen molar-refractivity contribution in [3.05, 3.63) is 0 Å². The summed E-state index contributed by atoms with van der Waals surface area (Å²) >= 11 is 0. The largest absolute Gasteiger partial charge is 0.353 e. The predicted octanol–water partition coefficient (Wildman–Crippen LogP) is 0.962. The summed E-state index contributed by atoms with van der Waals surface area (Å²) in [7, 11) is 0. The molecule has 0 bridgehead atoms. The lowest BCUT2D eigenvalue weighted by Crippen LogP contribution is -2.44. The Morgan fingerprint density at radius 3 is 2.71 bits per heavy atom. The van der Waals surface area contributed by atoms with Crippen LogP contribution in [-0.4, -0.2) is 43.0 Å². The number of nitrogens with zero attached hydrogens (tertiary/aromatic N) is 1. The Morgan fingerprint density at radius 2 is 2.12 bits per heavy atom. The third kappa shape index (κ3) is 5.50. The fourth-order valence-corrected chi connectivity index (χ4v) is 2.20. The average Bonchev–Trinajstić information content (AvgIpc) is 2.32. The molecule has 0 unspecified atom stereocenters. The van der Waals surface area contributed by atoms with Crippen LogP contribution in [0.3, 0.4) is 0 Å². The molecule has 4 nitrogen and oxygen atoms in total. The van der Waals surface area contributed by atoms with E-state index in [0.717, 1.165) is 44.9 Å². The lowest BCUT2D eigenvalue weighted by Gasteiger charge is -2.30. The highest BCUT2D eigenvalue weighted by Gasteiger charge is 2.16. The van der Waals surface area contributed by atoms with Crippen LogP contribution in [0.4, 0.5) is 0 Å². The normalized spacial score (nSPS) is 20.2. The Balaban J connectivity index is 2.09. The molecule has 4 heteroatoms. The highest BCUT2D eigenvalue weighted by atomic mass is 16.2. The molecule has 1 amide bonds. The lowest BCUT2D eigenvalue weighted by atomic mass is 9.99. The minimum atomic E-state index is -0.332. The number of nitrogens with two attached hydrogens (primary N) is 1. The van der Waals surface area contributed by atoms with Gasteiger partial charge in [0.05, 0.1) is 6.04 Å². The molecule has 3 N–H and O–H groups in total. The number of piperidine rings is 1. The van der Waals surface area contributed by atoms with E-state index >= 15 is 0 Å². The molecule has 0 aromatic rings. The number of carbonyl (C=O) groups excluding carboxylic acids is 1. The van der Waals surface area contributed by atoms with E-state index in [-0.39, 0.29) is 11.9 Å². The minimum absolute atomic E-state index is 0.00257. The number of hydrogen-bond donors (Lipinski definition) is 2. The second kappa shape index (κ2) is 7.67. The molecule has 1 rings (SSSR count). The van der Waals surface area contributed by atoms with Crippen molar-refractivity contribution in [1.82, 2.24) is 10.2 Å². The van der Waals surface area contributed by atoms with Crippen molar-refractivity contribution in [3.8, 4) is 0 Å². The van der Waals surface area contributed by atoms with Crippen molar-refractivity contribution >= 4 is 5.91 Å². The molecule has 1 heterocycles. The summed E-state index contributed by atoms with van der Waals surface area (Å²) in [4.78, 5) is 14.0. The zero-order chi connectivity index (χ0) is 12.7. The summed E-state index contributed by atoms with van der Waals surface area (Å²) in [5, 5.41) is 2.92. The van der Waals surface area contributed by atoms with Gasteiger partial charge in [0.15, 0.2) is 0 Å². The summed E-state index contributed by atoms with van der Waals surface area (Å²) in [6, 6.07) is -0.332. The van der Waals surface area contributed by atoms with Gasteiger partial charge in [0.25, 0.3) is 0 Å². The Labute approximate surface area is 105 Å². The standard InChI is InChI=1S/C13H27N3O/c1-3-4-12(14)13(17)15-7-10-16-8-5-11(2)6-9-16/h11-12H,3-10,14H2,1-2H3,(H,15,17)/t12-/m1/s1. The van der Waals surface area contributed by atoms with Gasteiger partial charge in [-0.2, -0.15) is 0 Å². The first-order chi connectivity index (χ1) is 8.13. The number of amides is 1. The van der Waals surface area contributed by atoms with E-state index in [1.54, 1.807) is 0 Å². The van der Waals surface area contributed by atoms with Crippen molar-refractivity contribution in [1.29, 1.82) is 0 Å². The Morgan fingerprint density at radius 1 is 1.47 bits per heavy atom. The minimum Gasteiger partial charge on any atom is -0.353 e. The van der Waals surface area contributed by atoms with Gasteiger partial charge in [0.1, 0.15) is 0 Å². The number of nitrogens with one attached hydrogen (secondary N) is 1. The van der Waals surface area contributed by atoms with E-state index in [1.165, 1.54) is 12.8 Å². The van der Waals surface area contributed by atoms with E-state index in [9.17, 15) is 4.79 Å². The van der Waals surface area contributed by atoms with Crippen LogP contribution < -0.4 is 11.1 Å². The molecule has 17 heavy (non-hydrogen) atoms. The maximum absolute atomic E-state index is 11.6. The van der Waals surface area contributed by atoms with E-state index in [0.29, 0.717) is 0 Å². The Bertz CT molecular complexity index is 225. The second-order valence-corrected chi connectivity index (χ2v) is 5.21. The monoisotopic (exact) mass is 241 g/mol. The van der Waals surface area contributed by atoms with Gasteiger partial charge in [-0.1, -0.05) is 20.3 Å². The highest BCUT2D eigenvalue weighted by molar-refractivity contribution is 5.81. The van der Waals surface area contributed by atoms with Gasteiger partial charge in [-0.05, 0) is 38.3 Å². The van der Waals surface area contributed by atoms with Crippen molar-refractivity contribution in [3.63, 3.8) is 0 Å². The Hall–Kier alpha value is -0.610. The molecule has 1 fully saturated rings. The molecule has 0 spiro atoms. The van der Waals surface area contributed by atoms with Crippen LogP contribution >= 0.6 is 0 Å². The second-order valence-electron chi connectivity index (χ2n) is 5.21. The van der Waals surface area contributed by atoms with Gasteiger partial charge in [-0.3, -0.25) is 4.79 Å². The molecule has 1 atom stereocenters. The average molecular weight is 241 g/mol. The summed E-state index contributed by atoms with van der Waals surface area (Å²) < 4.78 is 0. The summed E-state index contributed by atoms with van der Waals surface area (Å²) in [5.74, 6) is 0.857. The van der Waals surface area contributed by atoms with Crippen molar-refractivity contribution < 1.29 is 4.79 Å². The Kier molecular flexibility index (Phi) is 6.52. The van der Waals surface area contributed by atoms with Crippen LogP contribution in [0.5, 0.6) is 0 Å². The maximum Gasteiger partial charge on any atom is 0.236 e. The fourth-order valence-electron chi connectivity index (χ4n) is 2.20. The van der Waals surface area contributed by atoms with E-state index in [4.69, 9.17) is 5.73 Å². The fraction of sp³-hybridized carbons (Fsp3) is 0.923. The van der Waals surface area contributed by atoms with Crippen LogP contribution in [0.15, 0.2) is 0 Å². The first kappa shape index (κ1) is 14.5. The van der Waals surface area contributed by atoms with Crippen LogP contribution in [-0.2, 0) is 4.79 Å². The van der Waals surface area contributed by atoms with Gasteiger partial charge >= 0.3 is 0 Å². The molecule has 1 aliphatic heterocycles. The van der Waals surface area contributed by atoms with Crippen molar-refractivity contribution in [2.45, 2.75) is 45.6 Å². The number of hydrogen-bond acceptors (Lipinski definition) is 3. The first-order valence-corrected chi connectivity index (χ1v) is 6.89. The van der Waals surface area contributed by atoms with Crippen LogP contribution in [0, 0.1) is 5.92 Å². The predicted molar refractivity (Wildman–Crippen MR) is 70.7 cm³/mol. The number of likely N-dealkylation sites (tertiary alicyclic amines) is 1. The van der Waals surface area contributed by atoms with Gasteiger partial charge < -0.3 is 16.0 Å². The van der Waals surface area contributed by atoms with E-state index in [2.05, 4.69) is 17.1 Å². The highest BCUT2D eigenvalue weighted by Crippen LogP contribution is 2.14. The van der Waals surface area contributed by atoms with Crippen molar-refractivity contribution in [2.75, 3.05) is 26.2 Å². The third-order valence-electron chi connectivity index (χ3n) is 3.54. The van der Waals surface area contributed by atoms with E-state index < -0.39 is 0 Å². The van der Waals surface area contributed by atoms with Crippen LogP contribution in [0.25, 0.3) is 0 Å². The number of carbonyl (C=O) groups is 1. The zero-order valence-corrected chi connectivity index (χ0v) is 11.2. The smallest absolute Gasteiger partial charge is 0.236 e. The zero-order valence-electron chi connectivity index (χ0n) is 11.2. The van der Waals surface area contributed by atoms with Gasteiger partial charge in [-0.25, -0.2) is 0 Å². The molecule has 0 aromatic heterocycles. The number of rotatable bonds is 6. The topological polar surface area (TPSA) is 58.4 Å². The van der Waals surface area contributed by atoms with E-state index in [1.807, 2.05) is 6.92 Å². The lowest BCUT2D eigenvalue weighted by molar-refractivity contribution is -0.122. The molecule has 1 saturated heterocycles. The maximum atomic E-state index is 11.6. The molecule has 1 aliphatic rings. The molecule has 0 aliphatic carbocycles. The SMILES string of the molecule is CCC[C@@H](N)C(=O)NCCN1CCC(C)CC1. The molecular weight excluding hydrogens is 214 g/mol. The quantitative estimate of drug-likeness (QED) is 0.728. The third-order valence-corrected chi connectivity index (χ3v) is 3.54. The van der Waals surface area contributed by atoms with Crippen molar-refractivity contribution in [2.24, 2.45) is 11.7 Å². The van der Waals surface area contributed by atoms with Gasteiger partial charge in [0, 0.05) is 13.1 Å². The summed E-state index contributed by atoms with van der Waals surface area (Å²) in [6.07, 6.45) is 4.29. The van der Waals surface area contributed by atoms with Crippen LogP contribution in [0.2, 0.25) is 0 Å².